The number of nitrogen functional groups attached to an aromatic ring is 1. The van der Waals surface area contributed by atoms with Gasteiger partial charge in [0.05, 0.1) is 6.04 Å². The predicted octanol–water partition coefficient (Wildman–Crippen LogP) is 3.29. The fourth-order valence-corrected chi connectivity index (χ4v) is 2.42. The molecular formula is C15H21FN2O2. The molecule has 2 atom stereocenters. The lowest BCUT2D eigenvalue weighted by Crippen LogP contribution is -2.37. The largest absolute Gasteiger partial charge is 0.444 e. The third kappa shape index (κ3) is 3.03. The molecule has 0 bridgehead atoms. The van der Waals surface area contributed by atoms with Crippen molar-refractivity contribution in [1.29, 1.82) is 0 Å². The predicted molar refractivity (Wildman–Crippen MR) is 76.0 cm³/mol. The molecule has 2 rings (SSSR count). The molecule has 1 aromatic carbocycles. The lowest BCUT2D eigenvalue weighted by Gasteiger charge is -2.29. The highest BCUT2D eigenvalue weighted by Crippen LogP contribution is 2.37. The molecule has 1 aliphatic heterocycles. The number of hydrogen-bond acceptors (Lipinski definition) is 3. The summed E-state index contributed by atoms with van der Waals surface area (Å²) in [6, 6.07) is 6.40. The van der Waals surface area contributed by atoms with Gasteiger partial charge >= 0.3 is 6.09 Å². The monoisotopic (exact) mass is 280 g/mol. The van der Waals surface area contributed by atoms with Crippen molar-refractivity contribution >= 4 is 11.8 Å². The molecule has 1 saturated heterocycles. The molecule has 20 heavy (non-hydrogen) atoms. The first-order valence-corrected chi connectivity index (χ1v) is 6.77. The molecule has 110 valence electrons. The molecular weight excluding hydrogens is 259 g/mol. The molecule has 0 radical (unpaired) electrons. The first-order chi connectivity index (χ1) is 9.29. The van der Waals surface area contributed by atoms with Crippen LogP contribution in [0.1, 0.15) is 38.8 Å². The van der Waals surface area contributed by atoms with Gasteiger partial charge in [-0.15, -0.1) is 0 Å². The molecule has 1 aliphatic rings. The van der Waals surface area contributed by atoms with E-state index in [4.69, 9.17) is 10.5 Å². The SMILES string of the molecule is CC(C)(C)OC(=O)N1CCC(F)C1c1ccccc1N. The first kappa shape index (κ1) is 14.6. The van der Waals surface area contributed by atoms with Crippen LogP contribution in [0.25, 0.3) is 0 Å². The number of halogens is 1. The highest BCUT2D eigenvalue weighted by atomic mass is 19.1. The van der Waals surface area contributed by atoms with Crippen LogP contribution in [0, 0.1) is 0 Å². The molecule has 4 nitrogen and oxygen atoms in total. The molecule has 0 aliphatic carbocycles. The number of alkyl halides is 1. The number of para-hydroxylation sites is 1. The van der Waals surface area contributed by atoms with Crippen LogP contribution in [0.5, 0.6) is 0 Å². The number of nitrogens with two attached hydrogens (primary N) is 1. The van der Waals surface area contributed by atoms with Crippen LogP contribution >= 0.6 is 0 Å². The molecule has 1 fully saturated rings. The van der Waals surface area contributed by atoms with Crippen molar-refractivity contribution in [2.24, 2.45) is 0 Å². The molecule has 2 unspecified atom stereocenters. The number of carbonyl (C=O) groups excluding carboxylic acids is 1. The van der Waals surface area contributed by atoms with E-state index in [0.29, 0.717) is 24.2 Å². The summed E-state index contributed by atoms with van der Waals surface area (Å²) < 4.78 is 19.5. The zero-order chi connectivity index (χ0) is 14.9. The number of carbonyl (C=O) groups is 1. The molecule has 0 saturated carbocycles. The Bertz CT molecular complexity index is 499. The van der Waals surface area contributed by atoms with Crippen LogP contribution in [0.15, 0.2) is 24.3 Å². The second-order valence-electron chi connectivity index (χ2n) is 6.05. The van der Waals surface area contributed by atoms with Gasteiger partial charge in [0.1, 0.15) is 11.8 Å². The van der Waals surface area contributed by atoms with Crippen molar-refractivity contribution in [3.8, 4) is 0 Å². The van der Waals surface area contributed by atoms with Gasteiger partial charge in [-0.2, -0.15) is 0 Å². The highest BCUT2D eigenvalue weighted by Gasteiger charge is 2.41. The van der Waals surface area contributed by atoms with Crippen molar-refractivity contribution in [3.63, 3.8) is 0 Å². The van der Waals surface area contributed by atoms with E-state index < -0.39 is 23.9 Å². The average molecular weight is 280 g/mol. The Kier molecular flexibility index (Phi) is 3.88. The van der Waals surface area contributed by atoms with Gasteiger partial charge in [0.25, 0.3) is 0 Å². The maximum absolute atomic E-state index is 14.2. The van der Waals surface area contributed by atoms with Gasteiger partial charge in [0.2, 0.25) is 0 Å². The highest BCUT2D eigenvalue weighted by molar-refractivity contribution is 5.70. The van der Waals surface area contributed by atoms with Gasteiger partial charge < -0.3 is 10.5 Å². The molecule has 1 heterocycles. The summed E-state index contributed by atoms with van der Waals surface area (Å²) in [5.74, 6) is 0. The maximum Gasteiger partial charge on any atom is 0.410 e. The third-order valence-electron chi connectivity index (χ3n) is 3.27. The molecule has 0 spiro atoms. The van der Waals surface area contributed by atoms with Gasteiger partial charge in [0, 0.05) is 17.8 Å². The summed E-state index contributed by atoms with van der Waals surface area (Å²) in [7, 11) is 0. The standard InChI is InChI=1S/C15H21FN2O2/c1-15(2,3)20-14(19)18-9-8-11(16)13(18)10-6-4-5-7-12(10)17/h4-7,11,13H,8-9,17H2,1-3H3. The Morgan fingerprint density at radius 2 is 2.05 bits per heavy atom. The second kappa shape index (κ2) is 5.31. The van der Waals surface area contributed by atoms with Crippen molar-refractivity contribution in [2.45, 2.75) is 45.0 Å². The third-order valence-corrected chi connectivity index (χ3v) is 3.27. The number of amides is 1. The molecule has 1 aromatic rings. The van der Waals surface area contributed by atoms with Crippen molar-refractivity contribution in [3.05, 3.63) is 29.8 Å². The van der Waals surface area contributed by atoms with E-state index in [0.717, 1.165) is 0 Å². The zero-order valence-electron chi connectivity index (χ0n) is 12.1. The smallest absolute Gasteiger partial charge is 0.410 e. The molecule has 5 heteroatoms. The Morgan fingerprint density at radius 1 is 1.40 bits per heavy atom. The lowest BCUT2D eigenvalue weighted by atomic mass is 10.0. The van der Waals surface area contributed by atoms with E-state index in [1.807, 2.05) is 0 Å². The van der Waals surface area contributed by atoms with Gasteiger partial charge in [-0.05, 0) is 33.3 Å². The Hall–Kier alpha value is -1.78. The fourth-order valence-electron chi connectivity index (χ4n) is 2.42. The number of anilines is 1. The van der Waals surface area contributed by atoms with Crippen LogP contribution in [0.4, 0.5) is 14.9 Å². The van der Waals surface area contributed by atoms with E-state index in [2.05, 4.69) is 0 Å². The Balaban J connectivity index is 2.26. The van der Waals surface area contributed by atoms with E-state index >= 15 is 0 Å². The van der Waals surface area contributed by atoms with Crippen LogP contribution in [-0.4, -0.2) is 29.3 Å². The quantitative estimate of drug-likeness (QED) is 0.803. The minimum absolute atomic E-state index is 0.304. The molecule has 2 N–H and O–H groups in total. The summed E-state index contributed by atoms with van der Waals surface area (Å²) in [6.07, 6.45) is -1.31. The van der Waals surface area contributed by atoms with E-state index in [9.17, 15) is 9.18 Å². The van der Waals surface area contributed by atoms with Gasteiger partial charge in [-0.3, -0.25) is 4.90 Å². The van der Waals surface area contributed by atoms with Crippen LogP contribution in [-0.2, 0) is 4.74 Å². The lowest BCUT2D eigenvalue weighted by molar-refractivity contribution is 0.0195. The Labute approximate surface area is 118 Å². The van der Waals surface area contributed by atoms with Gasteiger partial charge in [-0.25, -0.2) is 9.18 Å². The van der Waals surface area contributed by atoms with E-state index in [1.165, 1.54) is 4.90 Å². The minimum atomic E-state index is -1.12. The second-order valence-corrected chi connectivity index (χ2v) is 6.05. The summed E-state index contributed by atoms with van der Waals surface area (Å²) >= 11 is 0. The number of ether oxygens (including phenoxy) is 1. The number of rotatable bonds is 1. The van der Waals surface area contributed by atoms with Crippen molar-refractivity contribution in [1.82, 2.24) is 4.90 Å². The Morgan fingerprint density at radius 3 is 2.65 bits per heavy atom. The summed E-state index contributed by atoms with van der Waals surface area (Å²) in [5, 5.41) is 0. The first-order valence-electron chi connectivity index (χ1n) is 6.77. The number of nitrogens with zero attached hydrogens (tertiary/aromatic N) is 1. The van der Waals surface area contributed by atoms with Crippen LogP contribution in [0.2, 0.25) is 0 Å². The van der Waals surface area contributed by atoms with Gasteiger partial charge in [0.15, 0.2) is 0 Å². The van der Waals surface area contributed by atoms with Gasteiger partial charge in [-0.1, -0.05) is 18.2 Å². The van der Waals surface area contributed by atoms with Crippen LogP contribution < -0.4 is 5.73 Å². The van der Waals surface area contributed by atoms with Crippen molar-refractivity contribution in [2.75, 3.05) is 12.3 Å². The summed E-state index contributed by atoms with van der Waals surface area (Å²) in [6.45, 7) is 5.72. The maximum atomic E-state index is 14.2. The topological polar surface area (TPSA) is 55.6 Å². The van der Waals surface area contributed by atoms with E-state index in [-0.39, 0.29) is 0 Å². The molecule has 1 amide bonds. The summed E-state index contributed by atoms with van der Waals surface area (Å²) in [4.78, 5) is 13.6. The molecule has 0 aromatic heterocycles. The van der Waals surface area contributed by atoms with Crippen LogP contribution in [0.3, 0.4) is 0 Å². The fraction of sp³-hybridized carbons (Fsp3) is 0.533. The van der Waals surface area contributed by atoms with E-state index in [1.54, 1.807) is 45.0 Å². The number of benzene rings is 1. The summed E-state index contributed by atoms with van der Waals surface area (Å²) in [5.41, 5.74) is 6.45. The normalized spacial score (nSPS) is 22.9. The minimum Gasteiger partial charge on any atom is -0.444 e. The average Bonchev–Trinajstić information content (AvgIpc) is 2.70. The number of hydrogen-bond donors (Lipinski definition) is 1. The zero-order valence-corrected chi connectivity index (χ0v) is 12.1. The number of likely N-dealkylation sites (tertiary alicyclic amines) is 1. The van der Waals surface area contributed by atoms with Crippen molar-refractivity contribution < 1.29 is 13.9 Å².